The van der Waals surface area contributed by atoms with E-state index in [2.05, 4.69) is 41.6 Å². The van der Waals surface area contributed by atoms with Crippen LogP contribution in [0.3, 0.4) is 0 Å². The Morgan fingerprint density at radius 1 is 1.29 bits per heavy atom. The molecule has 0 bridgehead atoms. The molecule has 0 aliphatic carbocycles. The van der Waals surface area contributed by atoms with Crippen LogP contribution < -0.4 is 5.32 Å². The molecule has 1 amide bonds. The van der Waals surface area contributed by atoms with Gasteiger partial charge in [-0.3, -0.25) is 9.69 Å². The number of thiophene rings is 1. The molecule has 3 nitrogen and oxygen atoms in total. The molecule has 1 atom stereocenters. The van der Waals surface area contributed by atoms with E-state index in [1.807, 2.05) is 0 Å². The molecular formula is C17H28N2OS. The second kappa shape index (κ2) is 8.54. The van der Waals surface area contributed by atoms with Gasteiger partial charge in [-0.05, 0) is 43.3 Å². The summed E-state index contributed by atoms with van der Waals surface area (Å²) in [6.45, 7) is 7.23. The maximum absolute atomic E-state index is 12.0. The van der Waals surface area contributed by atoms with Gasteiger partial charge in [0.15, 0.2) is 0 Å². The molecule has 1 saturated heterocycles. The van der Waals surface area contributed by atoms with Crippen LogP contribution in [0, 0.1) is 5.92 Å². The number of hydrogen-bond donors (Lipinski definition) is 1. The van der Waals surface area contributed by atoms with Crippen molar-refractivity contribution in [2.75, 3.05) is 19.6 Å². The minimum atomic E-state index is 0.182. The molecule has 1 aromatic rings. The van der Waals surface area contributed by atoms with Gasteiger partial charge in [0.2, 0.25) is 5.91 Å². The van der Waals surface area contributed by atoms with Gasteiger partial charge in [0.25, 0.3) is 0 Å². The topological polar surface area (TPSA) is 32.3 Å². The second-order valence-electron chi connectivity index (χ2n) is 6.38. The summed E-state index contributed by atoms with van der Waals surface area (Å²) in [4.78, 5) is 15.9. The van der Waals surface area contributed by atoms with Crippen molar-refractivity contribution in [3.63, 3.8) is 0 Å². The Bertz CT molecular complexity index is 408. The van der Waals surface area contributed by atoms with Crippen LogP contribution in [0.1, 0.15) is 56.9 Å². The van der Waals surface area contributed by atoms with Gasteiger partial charge >= 0.3 is 0 Å². The molecule has 1 aromatic heterocycles. The number of hydrogen-bond acceptors (Lipinski definition) is 3. The van der Waals surface area contributed by atoms with Crippen molar-refractivity contribution in [3.05, 3.63) is 22.4 Å². The Morgan fingerprint density at radius 3 is 2.57 bits per heavy atom. The SMILES string of the molecule is CC(C)CC(=O)NC[C@@H](c1cccs1)N1CCCCCC1. The fourth-order valence-corrected chi connectivity index (χ4v) is 3.81. The standard InChI is InChI=1S/C17H28N2OS/c1-14(2)12-17(20)18-13-15(16-8-7-11-21-16)19-9-5-3-4-6-10-19/h7-8,11,14-15H,3-6,9-10,12-13H2,1-2H3,(H,18,20)/t15-/m0/s1. The molecule has 21 heavy (non-hydrogen) atoms. The van der Waals surface area contributed by atoms with Crippen LogP contribution in [0.25, 0.3) is 0 Å². The summed E-state index contributed by atoms with van der Waals surface area (Å²) in [6.07, 6.45) is 5.86. The monoisotopic (exact) mass is 308 g/mol. The zero-order valence-corrected chi connectivity index (χ0v) is 14.1. The summed E-state index contributed by atoms with van der Waals surface area (Å²) in [5.41, 5.74) is 0. The van der Waals surface area contributed by atoms with Crippen molar-refractivity contribution in [1.82, 2.24) is 10.2 Å². The maximum atomic E-state index is 12.0. The van der Waals surface area contributed by atoms with E-state index in [1.165, 1.54) is 30.6 Å². The fraction of sp³-hybridized carbons (Fsp3) is 0.706. The largest absolute Gasteiger partial charge is 0.354 e. The van der Waals surface area contributed by atoms with Gasteiger partial charge in [-0.2, -0.15) is 0 Å². The van der Waals surface area contributed by atoms with Crippen molar-refractivity contribution >= 4 is 17.2 Å². The Labute approximate surface area is 132 Å². The molecule has 4 heteroatoms. The molecule has 118 valence electrons. The lowest BCUT2D eigenvalue weighted by atomic mass is 10.1. The Kier molecular flexibility index (Phi) is 6.71. The fourth-order valence-electron chi connectivity index (χ4n) is 2.95. The minimum Gasteiger partial charge on any atom is -0.354 e. The third-order valence-electron chi connectivity index (χ3n) is 4.04. The molecule has 2 heterocycles. The molecule has 0 saturated carbocycles. The highest BCUT2D eigenvalue weighted by Gasteiger charge is 2.22. The summed E-state index contributed by atoms with van der Waals surface area (Å²) in [5.74, 6) is 0.602. The highest BCUT2D eigenvalue weighted by atomic mass is 32.1. The highest BCUT2D eigenvalue weighted by Crippen LogP contribution is 2.27. The number of likely N-dealkylation sites (tertiary alicyclic amines) is 1. The molecule has 0 aromatic carbocycles. The smallest absolute Gasteiger partial charge is 0.220 e. The van der Waals surface area contributed by atoms with Crippen molar-refractivity contribution in [1.29, 1.82) is 0 Å². The van der Waals surface area contributed by atoms with Gasteiger partial charge < -0.3 is 5.32 Å². The van der Waals surface area contributed by atoms with E-state index in [9.17, 15) is 4.79 Å². The van der Waals surface area contributed by atoms with Crippen LogP contribution in [0.5, 0.6) is 0 Å². The van der Waals surface area contributed by atoms with E-state index in [0.717, 1.165) is 19.6 Å². The lowest BCUT2D eigenvalue weighted by Gasteiger charge is -2.30. The Hall–Kier alpha value is -0.870. The quantitative estimate of drug-likeness (QED) is 0.866. The number of nitrogens with one attached hydrogen (secondary N) is 1. The van der Waals surface area contributed by atoms with E-state index >= 15 is 0 Å². The van der Waals surface area contributed by atoms with Crippen LogP contribution in [-0.2, 0) is 4.79 Å². The number of amides is 1. The van der Waals surface area contributed by atoms with E-state index in [-0.39, 0.29) is 5.91 Å². The molecule has 1 N–H and O–H groups in total. The van der Waals surface area contributed by atoms with Crippen LogP contribution in [0.4, 0.5) is 0 Å². The third kappa shape index (κ3) is 5.44. The normalized spacial score (nSPS) is 18.4. The van der Waals surface area contributed by atoms with Gasteiger partial charge in [0, 0.05) is 17.8 Å². The summed E-state index contributed by atoms with van der Waals surface area (Å²) >= 11 is 1.80. The zero-order valence-electron chi connectivity index (χ0n) is 13.3. The number of carbonyl (C=O) groups is 1. The first-order valence-electron chi connectivity index (χ1n) is 8.21. The van der Waals surface area contributed by atoms with Gasteiger partial charge in [-0.1, -0.05) is 32.8 Å². The lowest BCUT2D eigenvalue weighted by molar-refractivity contribution is -0.122. The molecule has 1 aliphatic heterocycles. The van der Waals surface area contributed by atoms with Gasteiger partial charge in [-0.25, -0.2) is 0 Å². The maximum Gasteiger partial charge on any atom is 0.220 e. The first-order valence-corrected chi connectivity index (χ1v) is 9.09. The third-order valence-corrected chi connectivity index (χ3v) is 5.01. The average molecular weight is 308 g/mol. The molecule has 0 spiro atoms. The van der Waals surface area contributed by atoms with Crippen molar-refractivity contribution < 1.29 is 4.79 Å². The van der Waals surface area contributed by atoms with Crippen LogP contribution >= 0.6 is 11.3 Å². The summed E-state index contributed by atoms with van der Waals surface area (Å²) in [7, 11) is 0. The van der Waals surface area contributed by atoms with E-state index in [0.29, 0.717) is 18.4 Å². The van der Waals surface area contributed by atoms with Crippen LogP contribution in [0.2, 0.25) is 0 Å². The number of rotatable bonds is 6. The highest BCUT2D eigenvalue weighted by molar-refractivity contribution is 7.10. The molecule has 0 radical (unpaired) electrons. The predicted octanol–water partition coefficient (Wildman–Crippen LogP) is 3.83. The van der Waals surface area contributed by atoms with Gasteiger partial charge in [0.05, 0.1) is 6.04 Å². The lowest BCUT2D eigenvalue weighted by Crippen LogP contribution is -2.38. The van der Waals surface area contributed by atoms with E-state index < -0.39 is 0 Å². The van der Waals surface area contributed by atoms with E-state index in [4.69, 9.17) is 0 Å². The molecule has 0 unspecified atom stereocenters. The van der Waals surface area contributed by atoms with Crippen LogP contribution in [-0.4, -0.2) is 30.4 Å². The Balaban J connectivity index is 1.97. The first-order chi connectivity index (χ1) is 10.2. The summed E-state index contributed by atoms with van der Waals surface area (Å²) < 4.78 is 0. The number of carbonyl (C=O) groups excluding carboxylic acids is 1. The van der Waals surface area contributed by atoms with Crippen LogP contribution in [0.15, 0.2) is 17.5 Å². The van der Waals surface area contributed by atoms with Crippen molar-refractivity contribution in [2.45, 2.75) is 52.0 Å². The Morgan fingerprint density at radius 2 is 2.00 bits per heavy atom. The number of nitrogens with zero attached hydrogens (tertiary/aromatic N) is 1. The van der Waals surface area contributed by atoms with Crippen molar-refractivity contribution in [3.8, 4) is 0 Å². The van der Waals surface area contributed by atoms with Crippen molar-refractivity contribution in [2.24, 2.45) is 5.92 Å². The molecule has 1 aliphatic rings. The second-order valence-corrected chi connectivity index (χ2v) is 7.36. The molecule has 2 rings (SSSR count). The predicted molar refractivity (Wildman–Crippen MR) is 89.6 cm³/mol. The zero-order chi connectivity index (χ0) is 15.1. The summed E-state index contributed by atoms with van der Waals surface area (Å²) in [6, 6.07) is 4.66. The summed E-state index contributed by atoms with van der Waals surface area (Å²) in [5, 5.41) is 5.28. The van der Waals surface area contributed by atoms with Gasteiger partial charge in [-0.15, -0.1) is 11.3 Å². The molecule has 1 fully saturated rings. The first kappa shape index (κ1) is 16.5. The van der Waals surface area contributed by atoms with E-state index in [1.54, 1.807) is 11.3 Å². The molecular weight excluding hydrogens is 280 g/mol. The van der Waals surface area contributed by atoms with Gasteiger partial charge in [0.1, 0.15) is 0 Å². The minimum absolute atomic E-state index is 0.182. The average Bonchev–Trinajstić information content (AvgIpc) is 2.81.